The molecule has 4 heteroatoms. The highest BCUT2D eigenvalue weighted by Crippen LogP contribution is 2.50. The van der Waals surface area contributed by atoms with E-state index >= 15 is 0 Å². The molecule has 0 saturated heterocycles. The summed E-state index contributed by atoms with van der Waals surface area (Å²) in [5, 5.41) is 20.9. The Kier molecular flexibility index (Phi) is 9.78. The molecule has 4 nitrogen and oxygen atoms in total. The number of ether oxygens (including phenoxy) is 1. The van der Waals surface area contributed by atoms with E-state index in [0.29, 0.717) is 31.3 Å². The molecule has 1 aromatic carbocycles. The van der Waals surface area contributed by atoms with E-state index in [-0.39, 0.29) is 23.9 Å². The zero-order chi connectivity index (χ0) is 23.6. The van der Waals surface area contributed by atoms with Crippen LogP contribution in [-0.4, -0.2) is 28.4 Å². The molecule has 0 amide bonds. The Hall–Kier alpha value is -2.35. The van der Waals surface area contributed by atoms with Crippen molar-refractivity contribution in [2.24, 2.45) is 23.7 Å². The SMILES string of the molecule is CC#CCC(C)[C@H](O)/C=C/[C@@H]1[C@H]2C/C(=C/CCCC(=O)OCc3ccccc3)C[C@H]2C[C@H]1O. The first kappa shape index (κ1) is 25.3. The number of carbonyl (C=O) groups is 1. The number of hydrogen-bond acceptors (Lipinski definition) is 4. The third-order valence-electron chi connectivity index (χ3n) is 7.09. The average molecular weight is 451 g/mol. The Bertz CT molecular complexity index is 876. The van der Waals surface area contributed by atoms with Crippen LogP contribution in [0.2, 0.25) is 0 Å². The van der Waals surface area contributed by atoms with E-state index in [1.54, 1.807) is 0 Å². The summed E-state index contributed by atoms with van der Waals surface area (Å²) in [6.45, 7) is 4.15. The van der Waals surface area contributed by atoms with Crippen molar-refractivity contribution >= 4 is 5.97 Å². The van der Waals surface area contributed by atoms with Gasteiger partial charge in [0.15, 0.2) is 0 Å². The molecule has 2 aliphatic rings. The summed E-state index contributed by atoms with van der Waals surface area (Å²) in [7, 11) is 0. The van der Waals surface area contributed by atoms with E-state index in [9.17, 15) is 15.0 Å². The maximum absolute atomic E-state index is 12.0. The molecule has 0 bridgehead atoms. The van der Waals surface area contributed by atoms with Crippen LogP contribution in [-0.2, 0) is 16.1 Å². The number of benzene rings is 1. The molecule has 2 saturated carbocycles. The van der Waals surface area contributed by atoms with Gasteiger partial charge in [0.05, 0.1) is 12.2 Å². The second kappa shape index (κ2) is 12.8. The summed E-state index contributed by atoms with van der Waals surface area (Å²) in [4.78, 5) is 12.0. The molecule has 2 aliphatic carbocycles. The van der Waals surface area contributed by atoms with Crippen LogP contribution >= 0.6 is 0 Å². The number of carbonyl (C=O) groups excluding carboxylic acids is 1. The second-order valence-corrected chi connectivity index (χ2v) is 9.60. The summed E-state index contributed by atoms with van der Waals surface area (Å²) >= 11 is 0. The van der Waals surface area contributed by atoms with Crippen molar-refractivity contribution in [1.29, 1.82) is 0 Å². The van der Waals surface area contributed by atoms with Crippen LogP contribution in [0.4, 0.5) is 0 Å². The van der Waals surface area contributed by atoms with E-state index in [2.05, 4.69) is 17.9 Å². The molecule has 0 spiro atoms. The highest BCUT2D eigenvalue weighted by Gasteiger charge is 2.44. The lowest BCUT2D eigenvalue weighted by molar-refractivity contribution is -0.145. The van der Waals surface area contributed by atoms with E-state index in [0.717, 1.165) is 37.7 Å². The minimum absolute atomic E-state index is 0.0847. The average Bonchev–Trinajstić information content (AvgIpc) is 3.34. The summed E-state index contributed by atoms with van der Waals surface area (Å²) in [6.07, 6.45) is 11.0. The number of allylic oxidation sites excluding steroid dienone is 2. The molecule has 0 aliphatic heterocycles. The Morgan fingerprint density at radius 1 is 1.27 bits per heavy atom. The van der Waals surface area contributed by atoms with Gasteiger partial charge in [-0.25, -0.2) is 0 Å². The molecular formula is C29H38O4. The highest BCUT2D eigenvalue weighted by molar-refractivity contribution is 5.69. The maximum atomic E-state index is 12.0. The predicted octanol–water partition coefficient (Wildman–Crippen LogP) is 5.20. The van der Waals surface area contributed by atoms with Gasteiger partial charge in [0.2, 0.25) is 0 Å². The molecule has 0 radical (unpaired) electrons. The topological polar surface area (TPSA) is 66.8 Å². The molecule has 0 heterocycles. The predicted molar refractivity (Wildman–Crippen MR) is 131 cm³/mol. The van der Waals surface area contributed by atoms with Gasteiger partial charge in [-0.15, -0.1) is 11.8 Å². The van der Waals surface area contributed by atoms with Crippen molar-refractivity contribution in [2.45, 2.75) is 77.6 Å². The van der Waals surface area contributed by atoms with E-state index in [1.807, 2.05) is 56.3 Å². The number of fused-ring (bicyclic) bond motifs is 1. The molecule has 33 heavy (non-hydrogen) atoms. The van der Waals surface area contributed by atoms with Gasteiger partial charge in [0.25, 0.3) is 0 Å². The third-order valence-corrected chi connectivity index (χ3v) is 7.09. The van der Waals surface area contributed by atoms with Gasteiger partial charge in [-0.1, -0.05) is 61.1 Å². The van der Waals surface area contributed by atoms with E-state index in [1.165, 1.54) is 5.57 Å². The number of esters is 1. The summed E-state index contributed by atoms with van der Waals surface area (Å²) in [5.41, 5.74) is 2.45. The molecule has 1 unspecified atom stereocenters. The van der Waals surface area contributed by atoms with Crippen molar-refractivity contribution in [1.82, 2.24) is 0 Å². The molecular weight excluding hydrogens is 412 g/mol. The largest absolute Gasteiger partial charge is 0.461 e. The maximum Gasteiger partial charge on any atom is 0.306 e. The first-order valence-electron chi connectivity index (χ1n) is 12.3. The van der Waals surface area contributed by atoms with Crippen LogP contribution in [0.3, 0.4) is 0 Å². The molecule has 2 fully saturated rings. The zero-order valence-corrected chi connectivity index (χ0v) is 20.0. The van der Waals surface area contributed by atoms with E-state index < -0.39 is 6.10 Å². The fourth-order valence-electron chi connectivity index (χ4n) is 5.12. The number of hydrogen-bond donors (Lipinski definition) is 2. The Balaban J connectivity index is 1.41. The first-order chi connectivity index (χ1) is 16.0. The monoisotopic (exact) mass is 450 g/mol. The standard InChI is InChI=1S/C29H38O4/c1-3-4-10-21(2)27(30)16-15-25-26-18-23(17-24(26)19-28(25)31)13-8-9-14-29(32)33-20-22-11-6-5-7-12-22/h5-7,11-13,15-16,21,24-28,30-31H,8-10,14,17-20H2,1-2H3/b16-15+,23-13+/t21?,24-,25+,26-,27+,28+/m0/s1. The Morgan fingerprint density at radius 2 is 2.06 bits per heavy atom. The van der Waals surface area contributed by atoms with Gasteiger partial charge in [-0.3, -0.25) is 4.79 Å². The van der Waals surface area contributed by atoms with Gasteiger partial charge in [-0.05, 0) is 62.3 Å². The molecule has 0 aromatic heterocycles. The summed E-state index contributed by atoms with van der Waals surface area (Å²) in [6, 6.07) is 9.74. The normalized spacial score (nSPS) is 27.2. The second-order valence-electron chi connectivity index (χ2n) is 9.60. The zero-order valence-electron chi connectivity index (χ0n) is 20.0. The lowest BCUT2D eigenvalue weighted by Crippen LogP contribution is -2.19. The minimum atomic E-state index is -0.532. The fraction of sp³-hybridized carbons (Fsp3) is 0.552. The van der Waals surface area contributed by atoms with Crippen molar-refractivity contribution in [3.63, 3.8) is 0 Å². The van der Waals surface area contributed by atoms with Crippen molar-refractivity contribution in [3.8, 4) is 11.8 Å². The number of rotatable bonds is 10. The van der Waals surface area contributed by atoms with Gasteiger partial charge >= 0.3 is 5.97 Å². The van der Waals surface area contributed by atoms with Crippen molar-refractivity contribution < 1.29 is 19.7 Å². The molecule has 2 N–H and O–H groups in total. The molecule has 6 atom stereocenters. The highest BCUT2D eigenvalue weighted by atomic mass is 16.5. The van der Waals surface area contributed by atoms with Gasteiger partial charge in [0.1, 0.15) is 6.61 Å². The molecule has 178 valence electrons. The first-order valence-corrected chi connectivity index (χ1v) is 12.3. The number of unbranched alkanes of at least 4 members (excludes halogenated alkanes) is 1. The van der Waals surface area contributed by atoms with Crippen molar-refractivity contribution in [3.05, 3.63) is 59.7 Å². The van der Waals surface area contributed by atoms with Crippen LogP contribution in [0.5, 0.6) is 0 Å². The van der Waals surface area contributed by atoms with Crippen LogP contribution in [0.15, 0.2) is 54.1 Å². The van der Waals surface area contributed by atoms with E-state index in [4.69, 9.17) is 4.74 Å². The third kappa shape index (κ3) is 7.59. The quantitative estimate of drug-likeness (QED) is 0.223. The van der Waals surface area contributed by atoms with Crippen LogP contribution in [0.25, 0.3) is 0 Å². The number of aliphatic hydroxyl groups excluding tert-OH is 2. The smallest absolute Gasteiger partial charge is 0.306 e. The summed E-state index contributed by atoms with van der Waals surface area (Å²) < 4.78 is 5.35. The molecule has 3 rings (SSSR count). The van der Waals surface area contributed by atoms with Crippen LogP contribution < -0.4 is 0 Å². The van der Waals surface area contributed by atoms with Crippen molar-refractivity contribution in [2.75, 3.05) is 0 Å². The lowest BCUT2D eigenvalue weighted by Gasteiger charge is -2.19. The number of aliphatic hydroxyl groups is 2. The van der Waals surface area contributed by atoms with Crippen LogP contribution in [0, 0.1) is 35.5 Å². The fourth-order valence-corrected chi connectivity index (χ4v) is 5.12. The van der Waals surface area contributed by atoms with Gasteiger partial charge in [-0.2, -0.15) is 0 Å². The Morgan fingerprint density at radius 3 is 2.82 bits per heavy atom. The Labute approximate surface area is 198 Å². The molecule has 1 aromatic rings. The lowest BCUT2D eigenvalue weighted by atomic mass is 9.89. The summed E-state index contributed by atoms with van der Waals surface area (Å²) in [5.74, 6) is 6.90. The van der Waals surface area contributed by atoms with Gasteiger partial charge in [0, 0.05) is 18.8 Å². The minimum Gasteiger partial charge on any atom is -0.461 e. The van der Waals surface area contributed by atoms with Gasteiger partial charge < -0.3 is 14.9 Å². The van der Waals surface area contributed by atoms with Crippen LogP contribution in [0.1, 0.15) is 64.4 Å².